The molecule has 20 heavy (non-hydrogen) atoms. The van der Waals surface area contributed by atoms with Crippen molar-refractivity contribution in [3.8, 4) is 0 Å². The lowest BCUT2D eigenvalue weighted by molar-refractivity contribution is 0.634. The normalized spacial score (nSPS) is 16.7. The fourth-order valence-electron chi connectivity index (χ4n) is 2.37. The number of thiazole rings is 1. The van der Waals surface area contributed by atoms with Crippen LogP contribution >= 0.6 is 11.3 Å². The van der Waals surface area contributed by atoms with Crippen molar-refractivity contribution < 1.29 is 0 Å². The Labute approximate surface area is 127 Å². The third kappa shape index (κ3) is 4.19. The lowest BCUT2D eigenvalue weighted by Gasteiger charge is -2.17. The van der Waals surface area contributed by atoms with Gasteiger partial charge in [-0.15, -0.1) is 11.3 Å². The second-order valence-corrected chi connectivity index (χ2v) is 7.61. The van der Waals surface area contributed by atoms with Crippen LogP contribution in [0.2, 0.25) is 0 Å². The molecule has 1 atom stereocenters. The molecule has 1 fully saturated rings. The van der Waals surface area contributed by atoms with Gasteiger partial charge >= 0.3 is 0 Å². The van der Waals surface area contributed by atoms with Gasteiger partial charge in [-0.25, -0.2) is 4.98 Å². The Hall–Kier alpha value is -0.610. The van der Waals surface area contributed by atoms with Gasteiger partial charge < -0.3 is 10.2 Å². The Bertz CT molecular complexity index is 423. The molecular formula is C16H29N3S. The van der Waals surface area contributed by atoms with Crippen LogP contribution in [0.1, 0.15) is 63.4 Å². The standard InChI is InChI=1S/C16H29N3S/c1-6-12(4)15-14(9-17-13-7-8-13)20-16(18-15)19(5)10-11(2)3/h11-13,17H,6-10H2,1-5H3. The van der Waals surface area contributed by atoms with Gasteiger partial charge in [0.05, 0.1) is 5.69 Å². The van der Waals surface area contributed by atoms with E-state index in [9.17, 15) is 0 Å². The average molecular weight is 295 g/mol. The van der Waals surface area contributed by atoms with Crippen molar-refractivity contribution in [3.05, 3.63) is 10.6 Å². The highest BCUT2D eigenvalue weighted by Gasteiger charge is 2.23. The van der Waals surface area contributed by atoms with Crippen LogP contribution in [0.25, 0.3) is 0 Å². The van der Waals surface area contributed by atoms with Crippen molar-refractivity contribution in [1.29, 1.82) is 0 Å². The zero-order valence-electron chi connectivity index (χ0n) is 13.6. The molecule has 0 saturated heterocycles. The number of hydrogen-bond acceptors (Lipinski definition) is 4. The molecule has 1 aromatic heterocycles. The Morgan fingerprint density at radius 2 is 2.05 bits per heavy atom. The van der Waals surface area contributed by atoms with Crippen LogP contribution in [0.3, 0.4) is 0 Å². The van der Waals surface area contributed by atoms with Gasteiger partial charge in [-0.1, -0.05) is 27.7 Å². The van der Waals surface area contributed by atoms with E-state index in [-0.39, 0.29) is 0 Å². The van der Waals surface area contributed by atoms with Crippen LogP contribution in [0.4, 0.5) is 5.13 Å². The molecule has 0 amide bonds. The van der Waals surface area contributed by atoms with Crippen LogP contribution in [-0.4, -0.2) is 24.6 Å². The second kappa shape index (κ2) is 6.90. The van der Waals surface area contributed by atoms with Gasteiger partial charge in [0.1, 0.15) is 0 Å². The highest BCUT2D eigenvalue weighted by molar-refractivity contribution is 7.15. The minimum absolute atomic E-state index is 0.559. The molecule has 1 unspecified atom stereocenters. The van der Waals surface area contributed by atoms with Gasteiger partial charge in [-0.05, 0) is 31.1 Å². The minimum atomic E-state index is 0.559. The Kier molecular flexibility index (Phi) is 5.44. The maximum atomic E-state index is 4.94. The number of nitrogens with zero attached hydrogens (tertiary/aromatic N) is 2. The summed E-state index contributed by atoms with van der Waals surface area (Å²) in [6.07, 6.45) is 3.85. The molecule has 1 N–H and O–H groups in total. The van der Waals surface area contributed by atoms with E-state index >= 15 is 0 Å². The molecule has 1 heterocycles. The van der Waals surface area contributed by atoms with Crippen molar-refractivity contribution >= 4 is 16.5 Å². The number of rotatable bonds is 8. The van der Waals surface area contributed by atoms with Gasteiger partial charge in [-0.3, -0.25) is 0 Å². The SMILES string of the molecule is CCC(C)c1nc(N(C)CC(C)C)sc1CNC1CC1. The summed E-state index contributed by atoms with van der Waals surface area (Å²) in [6.45, 7) is 11.1. The lowest BCUT2D eigenvalue weighted by atomic mass is 10.0. The third-order valence-corrected chi connectivity index (χ3v) is 5.08. The first-order valence-electron chi connectivity index (χ1n) is 7.95. The fraction of sp³-hybridized carbons (Fsp3) is 0.812. The van der Waals surface area contributed by atoms with E-state index in [1.54, 1.807) is 0 Å². The molecule has 0 radical (unpaired) electrons. The number of aromatic nitrogens is 1. The van der Waals surface area contributed by atoms with E-state index in [2.05, 4.69) is 45.0 Å². The summed E-state index contributed by atoms with van der Waals surface area (Å²) in [4.78, 5) is 8.69. The van der Waals surface area contributed by atoms with Gasteiger partial charge in [0.2, 0.25) is 0 Å². The first kappa shape index (κ1) is 15.8. The van der Waals surface area contributed by atoms with E-state index in [0.717, 1.165) is 25.6 Å². The van der Waals surface area contributed by atoms with Crippen molar-refractivity contribution in [2.45, 2.75) is 65.5 Å². The molecule has 3 nitrogen and oxygen atoms in total. The topological polar surface area (TPSA) is 28.2 Å². The zero-order valence-corrected chi connectivity index (χ0v) is 14.4. The summed E-state index contributed by atoms with van der Waals surface area (Å²) in [5.41, 5.74) is 1.32. The van der Waals surface area contributed by atoms with Crippen molar-refractivity contribution in [1.82, 2.24) is 10.3 Å². The van der Waals surface area contributed by atoms with Crippen molar-refractivity contribution in [3.63, 3.8) is 0 Å². The molecule has 1 aliphatic carbocycles. The second-order valence-electron chi connectivity index (χ2n) is 6.54. The number of nitrogens with one attached hydrogen (secondary N) is 1. The first-order chi connectivity index (χ1) is 9.51. The predicted molar refractivity (Wildman–Crippen MR) is 88.8 cm³/mol. The van der Waals surface area contributed by atoms with Crippen LogP contribution < -0.4 is 10.2 Å². The first-order valence-corrected chi connectivity index (χ1v) is 8.77. The molecule has 114 valence electrons. The molecule has 0 spiro atoms. The van der Waals surface area contributed by atoms with E-state index in [4.69, 9.17) is 4.98 Å². The fourth-order valence-corrected chi connectivity index (χ4v) is 3.47. The van der Waals surface area contributed by atoms with Gasteiger partial charge in [0, 0.05) is 31.1 Å². The molecule has 0 bridgehead atoms. The summed E-state index contributed by atoms with van der Waals surface area (Å²) >= 11 is 1.88. The zero-order chi connectivity index (χ0) is 14.7. The summed E-state index contributed by atoms with van der Waals surface area (Å²) in [7, 11) is 2.16. The van der Waals surface area contributed by atoms with E-state index in [0.29, 0.717) is 11.8 Å². The monoisotopic (exact) mass is 295 g/mol. The molecule has 2 rings (SSSR count). The molecule has 1 aromatic rings. The third-order valence-electron chi connectivity index (χ3n) is 3.89. The molecular weight excluding hydrogens is 266 g/mol. The van der Waals surface area contributed by atoms with Crippen LogP contribution in [-0.2, 0) is 6.54 Å². The van der Waals surface area contributed by atoms with Crippen molar-refractivity contribution in [2.24, 2.45) is 5.92 Å². The average Bonchev–Trinajstić information content (AvgIpc) is 3.13. The minimum Gasteiger partial charge on any atom is -0.351 e. The van der Waals surface area contributed by atoms with E-state index in [1.165, 1.54) is 28.5 Å². The molecule has 1 saturated carbocycles. The highest BCUT2D eigenvalue weighted by Crippen LogP contribution is 2.32. The molecule has 4 heteroatoms. The summed E-state index contributed by atoms with van der Waals surface area (Å²) in [6, 6.07) is 0.763. The molecule has 0 aliphatic heterocycles. The van der Waals surface area contributed by atoms with Crippen LogP contribution in [0, 0.1) is 5.92 Å². The summed E-state index contributed by atoms with van der Waals surface area (Å²) < 4.78 is 0. The quantitative estimate of drug-likeness (QED) is 0.785. The van der Waals surface area contributed by atoms with Crippen molar-refractivity contribution in [2.75, 3.05) is 18.5 Å². The Morgan fingerprint density at radius 3 is 2.60 bits per heavy atom. The number of hydrogen-bond donors (Lipinski definition) is 1. The Balaban J connectivity index is 2.11. The maximum Gasteiger partial charge on any atom is 0.185 e. The number of anilines is 1. The van der Waals surface area contributed by atoms with Crippen LogP contribution in [0.5, 0.6) is 0 Å². The molecule has 1 aliphatic rings. The largest absolute Gasteiger partial charge is 0.351 e. The van der Waals surface area contributed by atoms with Crippen LogP contribution in [0.15, 0.2) is 0 Å². The Morgan fingerprint density at radius 1 is 1.35 bits per heavy atom. The lowest BCUT2D eigenvalue weighted by Crippen LogP contribution is -2.22. The van der Waals surface area contributed by atoms with E-state index in [1.807, 2.05) is 11.3 Å². The van der Waals surface area contributed by atoms with E-state index < -0.39 is 0 Å². The molecule has 0 aromatic carbocycles. The van der Waals surface area contributed by atoms with Gasteiger partial charge in [-0.2, -0.15) is 0 Å². The smallest absolute Gasteiger partial charge is 0.185 e. The summed E-state index contributed by atoms with van der Waals surface area (Å²) in [5.74, 6) is 1.23. The van der Waals surface area contributed by atoms with Gasteiger partial charge in [0.25, 0.3) is 0 Å². The summed E-state index contributed by atoms with van der Waals surface area (Å²) in [5, 5.41) is 4.82. The maximum absolute atomic E-state index is 4.94. The highest BCUT2D eigenvalue weighted by atomic mass is 32.1. The van der Waals surface area contributed by atoms with Gasteiger partial charge in [0.15, 0.2) is 5.13 Å². The predicted octanol–water partition coefficient (Wildman–Crippen LogP) is 4.00.